The summed E-state index contributed by atoms with van der Waals surface area (Å²) in [6.45, 7) is 1.86. The zero-order chi connectivity index (χ0) is 20.7. The van der Waals surface area contributed by atoms with Crippen LogP contribution in [0.4, 0.5) is 30.6 Å². The van der Waals surface area contributed by atoms with Crippen molar-refractivity contribution in [2.75, 3.05) is 36.0 Å². The van der Waals surface area contributed by atoms with E-state index in [1.165, 1.54) is 12.1 Å². The van der Waals surface area contributed by atoms with Crippen LogP contribution in [0.1, 0.15) is 0 Å². The average Bonchev–Trinajstić information content (AvgIpc) is 2.76. The summed E-state index contributed by atoms with van der Waals surface area (Å²) in [5.41, 5.74) is 1.87. The molecule has 152 valence electrons. The maximum Gasteiger partial charge on any atom is 0.329 e. The fraction of sp³-hybridized carbons (Fsp3) is 0.174. The van der Waals surface area contributed by atoms with Crippen molar-refractivity contribution < 1.29 is 18.3 Å². The molecule has 5 nitrogen and oxygen atoms in total. The first-order valence-corrected chi connectivity index (χ1v) is 9.76. The number of urea groups is 1. The second kappa shape index (κ2) is 7.33. The molecule has 2 aliphatic heterocycles. The Kier molecular flexibility index (Phi) is 4.50. The fourth-order valence-electron chi connectivity index (χ4n) is 3.93. The van der Waals surface area contributed by atoms with E-state index < -0.39 is 11.6 Å². The van der Waals surface area contributed by atoms with Crippen LogP contribution in [-0.4, -0.2) is 37.1 Å². The first kappa shape index (κ1) is 18.4. The Labute approximate surface area is 172 Å². The molecule has 3 aromatic carbocycles. The van der Waals surface area contributed by atoms with Crippen molar-refractivity contribution in [1.29, 1.82) is 0 Å². The molecule has 0 N–H and O–H groups in total. The van der Waals surface area contributed by atoms with Gasteiger partial charge >= 0.3 is 6.03 Å². The van der Waals surface area contributed by atoms with Crippen molar-refractivity contribution in [3.8, 4) is 11.5 Å². The molecule has 0 aliphatic carbocycles. The predicted molar refractivity (Wildman–Crippen MR) is 111 cm³/mol. The number of carbonyl (C=O) groups is 1. The molecule has 2 amide bonds. The summed E-state index contributed by atoms with van der Waals surface area (Å²) in [6.07, 6.45) is 0. The number of piperazine rings is 1. The van der Waals surface area contributed by atoms with E-state index in [0.29, 0.717) is 54.7 Å². The highest BCUT2D eigenvalue weighted by molar-refractivity contribution is 6.03. The summed E-state index contributed by atoms with van der Waals surface area (Å²) in [7, 11) is 0. The lowest BCUT2D eigenvalue weighted by Crippen LogP contribution is -2.52. The summed E-state index contributed by atoms with van der Waals surface area (Å²) in [5.74, 6) is 0.0342. The number of halogens is 2. The van der Waals surface area contributed by atoms with Gasteiger partial charge in [-0.25, -0.2) is 13.6 Å². The van der Waals surface area contributed by atoms with Crippen LogP contribution in [0.15, 0.2) is 66.7 Å². The number of ether oxygens (including phenoxy) is 1. The standard InChI is InChI=1S/C23H19F2N3O2/c24-16-13-17(25)15-18(14-16)26-9-11-27(12-10-26)23(29)28-19-5-1-3-7-21(19)30-22-8-4-2-6-20(22)28/h1-8,13-15H,9-12H2. The second-order valence-corrected chi connectivity index (χ2v) is 7.26. The van der Waals surface area contributed by atoms with Crippen LogP contribution in [0, 0.1) is 11.6 Å². The molecule has 3 aromatic rings. The van der Waals surface area contributed by atoms with E-state index in [1.807, 2.05) is 53.4 Å². The van der Waals surface area contributed by atoms with Gasteiger partial charge in [-0.15, -0.1) is 0 Å². The van der Waals surface area contributed by atoms with Crippen LogP contribution in [0.3, 0.4) is 0 Å². The van der Waals surface area contributed by atoms with Gasteiger partial charge in [-0.2, -0.15) is 0 Å². The third kappa shape index (κ3) is 3.22. The van der Waals surface area contributed by atoms with Crippen LogP contribution in [0.2, 0.25) is 0 Å². The summed E-state index contributed by atoms with van der Waals surface area (Å²) in [6, 6.07) is 18.2. The third-order valence-corrected chi connectivity index (χ3v) is 5.39. The monoisotopic (exact) mass is 407 g/mol. The minimum absolute atomic E-state index is 0.150. The number of nitrogens with zero attached hydrogens (tertiary/aromatic N) is 3. The van der Waals surface area contributed by atoms with Gasteiger partial charge in [0.2, 0.25) is 0 Å². The van der Waals surface area contributed by atoms with Gasteiger partial charge in [0.15, 0.2) is 11.5 Å². The minimum Gasteiger partial charge on any atom is -0.453 e. The Bertz CT molecular complexity index is 1050. The maximum atomic E-state index is 13.6. The molecule has 5 rings (SSSR count). The fourth-order valence-corrected chi connectivity index (χ4v) is 3.93. The van der Waals surface area contributed by atoms with Crippen molar-refractivity contribution in [1.82, 2.24) is 4.90 Å². The molecule has 0 bridgehead atoms. The molecule has 1 fully saturated rings. The SMILES string of the molecule is O=C(N1CCN(c2cc(F)cc(F)c2)CC1)N1c2ccccc2Oc2ccccc21. The minimum atomic E-state index is -0.606. The van der Waals surface area contributed by atoms with Crippen molar-refractivity contribution in [2.24, 2.45) is 0 Å². The van der Waals surface area contributed by atoms with E-state index in [0.717, 1.165) is 6.07 Å². The highest BCUT2D eigenvalue weighted by Crippen LogP contribution is 2.46. The van der Waals surface area contributed by atoms with Crippen molar-refractivity contribution in [3.05, 3.63) is 78.4 Å². The van der Waals surface area contributed by atoms with Crippen LogP contribution in [0.25, 0.3) is 0 Å². The summed E-state index contributed by atoms with van der Waals surface area (Å²) in [5, 5.41) is 0. The van der Waals surface area contributed by atoms with E-state index in [4.69, 9.17) is 4.74 Å². The zero-order valence-corrected chi connectivity index (χ0v) is 16.1. The van der Waals surface area contributed by atoms with Crippen LogP contribution < -0.4 is 14.5 Å². The van der Waals surface area contributed by atoms with E-state index in [1.54, 1.807) is 9.80 Å². The highest BCUT2D eigenvalue weighted by atomic mass is 19.1. The van der Waals surface area contributed by atoms with Gasteiger partial charge in [0, 0.05) is 37.9 Å². The highest BCUT2D eigenvalue weighted by Gasteiger charge is 2.33. The van der Waals surface area contributed by atoms with Gasteiger partial charge in [-0.1, -0.05) is 24.3 Å². The number of hydrogen-bond donors (Lipinski definition) is 0. The number of anilines is 3. The smallest absolute Gasteiger partial charge is 0.329 e. The molecular weight excluding hydrogens is 388 g/mol. The van der Waals surface area contributed by atoms with E-state index in [9.17, 15) is 13.6 Å². The summed E-state index contributed by atoms with van der Waals surface area (Å²) in [4.78, 5) is 18.8. The van der Waals surface area contributed by atoms with Gasteiger partial charge in [-0.05, 0) is 36.4 Å². The lowest BCUT2D eigenvalue weighted by molar-refractivity contribution is 0.203. The van der Waals surface area contributed by atoms with E-state index in [-0.39, 0.29) is 6.03 Å². The third-order valence-electron chi connectivity index (χ3n) is 5.39. The Morgan fingerprint density at radius 2 is 1.30 bits per heavy atom. The van der Waals surface area contributed by atoms with E-state index >= 15 is 0 Å². The molecule has 0 radical (unpaired) electrons. The maximum absolute atomic E-state index is 13.6. The molecule has 0 unspecified atom stereocenters. The van der Waals surface area contributed by atoms with Gasteiger partial charge in [0.05, 0.1) is 11.4 Å². The quantitative estimate of drug-likeness (QED) is 0.560. The molecule has 2 aliphatic rings. The predicted octanol–water partition coefficient (Wildman–Crippen LogP) is 5.15. The molecule has 0 atom stereocenters. The number of amides is 2. The van der Waals surface area contributed by atoms with Gasteiger partial charge in [-0.3, -0.25) is 4.90 Å². The van der Waals surface area contributed by atoms with Gasteiger partial charge < -0.3 is 14.5 Å². The number of carbonyl (C=O) groups excluding carboxylic acids is 1. The molecule has 0 aromatic heterocycles. The number of para-hydroxylation sites is 4. The lowest BCUT2D eigenvalue weighted by atomic mass is 10.1. The normalized spacial score (nSPS) is 15.3. The van der Waals surface area contributed by atoms with Crippen LogP contribution in [-0.2, 0) is 0 Å². The molecule has 0 saturated carbocycles. The largest absolute Gasteiger partial charge is 0.453 e. The first-order valence-electron chi connectivity index (χ1n) is 9.76. The van der Waals surface area contributed by atoms with Gasteiger partial charge in [0.1, 0.15) is 11.6 Å². The Morgan fingerprint density at radius 1 is 0.767 bits per heavy atom. The number of rotatable bonds is 1. The lowest BCUT2D eigenvalue weighted by Gasteiger charge is -2.40. The number of hydrogen-bond acceptors (Lipinski definition) is 3. The summed E-state index contributed by atoms with van der Waals surface area (Å²) >= 11 is 0. The van der Waals surface area contributed by atoms with Crippen molar-refractivity contribution in [2.45, 2.75) is 0 Å². The molecule has 0 spiro atoms. The second-order valence-electron chi connectivity index (χ2n) is 7.26. The molecule has 1 saturated heterocycles. The molecule has 2 heterocycles. The van der Waals surface area contributed by atoms with Crippen molar-refractivity contribution in [3.63, 3.8) is 0 Å². The zero-order valence-electron chi connectivity index (χ0n) is 16.1. The molecule has 7 heteroatoms. The summed E-state index contributed by atoms with van der Waals surface area (Å²) < 4.78 is 33.1. The molecular formula is C23H19F2N3O2. The molecule has 30 heavy (non-hydrogen) atoms. The Morgan fingerprint density at radius 3 is 1.87 bits per heavy atom. The topological polar surface area (TPSA) is 36.0 Å². The van der Waals surface area contributed by atoms with Crippen molar-refractivity contribution >= 4 is 23.1 Å². The van der Waals surface area contributed by atoms with Gasteiger partial charge in [0.25, 0.3) is 0 Å². The number of fused-ring (bicyclic) bond motifs is 2. The Hall–Kier alpha value is -3.61. The number of benzene rings is 3. The first-order chi connectivity index (χ1) is 14.6. The Balaban J connectivity index is 1.39. The van der Waals surface area contributed by atoms with E-state index in [2.05, 4.69) is 0 Å². The van der Waals surface area contributed by atoms with Crippen LogP contribution in [0.5, 0.6) is 11.5 Å². The van der Waals surface area contributed by atoms with Crippen LogP contribution >= 0.6 is 0 Å². The average molecular weight is 407 g/mol.